The van der Waals surface area contributed by atoms with Crippen LogP contribution < -0.4 is 0 Å². The summed E-state index contributed by atoms with van der Waals surface area (Å²) in [5, 5.41) is 0.794. The van der Waals surface area contributed by atoms with E-state index in [4.69, 9.17) is 11.6 Å². The fourth-order valence-corrected chi connectivity index (χ4v) is 0.560. The predicted molar refractivity (Wildman–Crippen MR) is 31.5 cm³/mol. The summed E-state index contributed by atoms with van der Waals surface area (Å²) in [6, 6.07) is 9.44. The van der Waals surface area contributed by atoms with Crippen molar-refractivity contribution in [1.82, 2.24) is 0 Å². The second kappa shape index (κ2) is 3.96. The van der Waals surface area contributed by atoms with E-state index in [-0.39, 0.29) is 17.1 Å². The molecule has 8 heavy (non-hydrogen) atoms. The zero-order valence-electron chi connectivity index (χ0n) is 4.12. The summed E-state index contributed by atoms with van der Waals surface area (Å²) in [6.07, 6.45) is 0. The van der Waals surface area contributed by atoms with Crippen molar-refractivity contribution in [2.75, 3.05) is 0 Å². The number of halogens is 1. The van der Waals surface area contributed by atoms with Gasteiger partial charge in [-0.1, -0.05) is 29.8 Å². The molecule has 0 saturated heterocycles. The minimum atomic E-state index is 0. The first-order chi connectivity index (χ1) is 3.39. The molecular formula is C6H5ClFe. The van der Waals surface area contributed by atoms with Gasteiger partial charge in [-0.25, -0.2) is 0 Å². The van der Waals surface area contributed by atoms with Crippen molar-refractivity contribution in [2.45, 2.75) is 0 Å². The largest absolute Gasteiger partial charge is 0.0843 e. The van der Waals surface area contributed by atoms with Gasteiger partial charge < -0.3 is 0 Å². The molecule has 0 saturated carbocycles. The smallest absolute Gasteiger partial charge is 0.0405 e. The molecule has 1 aromatic rings. The molecule has 0 aliphatic heterocycles. The minimum Gasteiger partial charge on any atom is -0.0843 e. The molecule has 0 fully saturated rings. The van der Waals surface area contributed by atoms with Gasteiger partial charge in [0, 0.05) is 22.1 Å². The Morgan fingerprint density at radius 1 is 1.00 bits per heavy atom. The van der Waals surface area contributed by atoms with Crippen molar-refractivity contribution in [2.24, 2.45) is 0 Å². The van der Waals surface area contributed by atoms with Crippen molar-refractivity contribution in [3.8, 4) is 0 Å². The van der Waals surface area contributed by atoms with Crippen LogP contribution in [0.15, 0.2) is 30.3 Å². The Balaban J connectivity index is 0.000000490. The Hall–Kier alpha value is 0.0295. The van der Waals surface area contributed by atoms with Gasteiger partial charge >= 0.3 is 0 Å². The molecule has 0 heterocycles. The van der Waals surface area contributed by atoms with E-state index < -0.39 is 0 Å². The van der Waals surface area contributed by atoms with Crippen LogP contribution in [0.1, 0.15) is 0 Å². The van der Waals surface area contributed by atoms with Crippen molar-refractivity contribution >= 4 is 11.6 Å². The Kier molecular flexibility index (Phi) is 3.98. The third kappa shape index (κ3) is 2.37. The average molecular weight is 168 g/mol. The molecule has 1 rings (SSSR count). The van der Waals surface area contributed by atoms with Crippen LogP contribution in [0.2, 0.25) is 5.02 Å². The molecule has 0 N–H and O–H groups in total. The van der Waals surface area contributed by atoms with Gasteiger partial charge in [0.1, 0.15) is 0 Å². The van der Waals surface area contributed by atoms with Crippen molar-refractivity contribution in [3.63, 3.8) is 0 Å². The fraction of sp³-hybridized carbons (Fsp3) is 0. The summed E-state index contributed by atoms with van der Waals surface area (Å²) in [6.45, 7) is 0. The summed E-state index contributed by atoms with van der Waals surface area (Å²) in [5.74, 6) is 0. The molecule has 0 nitrogen and oxygen atoms in total. The summed E-state index contributed by atoms with van der Waals surface area (Å²) < 4.78 is 0. The van der Waals surface area contributed by atoms with Crippen molar-refractivity contribution in [3.05, 3.63) is 35.4 Å². The van der Waals surface area contributed by atoms with Crippen LogP contribution in [-0.2, 0) is 17.1 Å². The molecule has 0 bridgehead atoms. The fourth-order valence-electron chi connectivity index (χ4n) is 0.415. The van der Waals surface area contributed by atoms with E-state index in [0.29, 0.717) is 0 Å². The van der Waals surface area contributed by atoms with E-state index in [1.807, 2.05) is 30.3 Å². The van der Waals surface area contributed by atoms with Gasteiger partial charge in [-0.3, -0.25) is 0 Å². The molecule has 0 aliphatic rings. The number of hydrogen-bond acceptors (Lipinski definition) is 0. The molecule has 1 aromatic carbocycles. The Morgan fingerprint density at radius 3 is 1.75 bits per heavy atom. The molecule has 0 amide bonds. The maximum Gasteiger partial charge on any atom is 0.0405 e. The predicted octanol–water partition coefficient (Wildman–Crippen LogP) is 2.34. The molecule has 0 aliphatic carbocycles. The first-order valence-electron chi connectivity index (χ1n) is 2.10. The third-order valence-corrected chi connectivity index (χ3v) is 0.985. The molecule has 2 heteroatoms. The van der Waals surface area contributed by atoms with Gasteiger partial charge in [0.2, 0.25) is 0 Å². The third-order valence-electron chi connectivity index (χ3n) is 0.733. The summed E-state index contributed by atoms with van der Waals surface area (Å²) in [4.78, 5) is 0. The summed E-state index contributed by atoms with van der Waals surface area (Å²) in [7, 11) is 0. The number of benzene rings is 1. The van der Waals surface area contributed by atoms with Gasteiger partial charge in [0.15, 0.2) is 0 Å². The Morgan fingerprint density at radius 2 is 1.50 bits per heavy atom. The molecule has 0 spiro atoms. The SMILES string of the molecule is Clc1ccccc1.[Fe]. The van der Waals surface area contributed by atoms with E-state index >= 15 is 0 Å². The molecule has 44 valence electrons. The van der Waals surface area contributed by atoms with Gasteiger partial charge in [-0.2, -0.15) is 0 Å². The van der Waals surface area contributed by atoms with Crippen LogP contribution in [0.3, 0.4) is 0 Å². The second-order valence-corrected chi connectivity index (χ2v) is 1.73. The van der Waals surface area contributed by atoms with E-state index in [1.54, 1.807) is 0 Å². The van der Waals surface area contributed by atoms with Crippen LogP contribution in [0.25, 0.3) is 0 Å². The van der Waals surface area contributed by atoms with Crippen LogP contribution in [0.5, 0.6) is 0 Å². The van der Waals surface area contributed by atoms with Crippen molar-refractivity contribution < 1.29 is 17.1 Å². The Labute approximate surface area is 64.3 Å². The molecular weight excluding hydrogens is 163 g/mol. The second-order valence-electron chi connectivity index (χ2n) is 1.30. The molecule has 0 atom stereocenters. The number of rotatable bonds is 0. The monoisotopic (exact) mass is 168 g/mol. The molecule has 0 aromatic heterocycles. The van der Waals surface area contributed by atoms with Gasteiger partial charge in [0.25, 0.3) is 0 Å². The van der Waals surface area contributed by atoms with Crippen LogP contribution in [0.4, 0.5) is 0 Å². The zero-order valence-corrected chi connectivity index (χ0v) is 5.98. The number of hydrogen-bond donors (Lipinski definition) is 0. The topological polar surface area (TPSA) is 0 Å². The first kappa shape index (κ1) is 8.03. The van der Waals surface area contributed by atoms with Gasteiger partial charge in [-0.15, -0.1) is 0 Å². The maximum absolute atomic E-state index is 5.54. The molecule has 0 unspecified atom stereocenters. The van der Waals surface area contributed by atoms with Crippen molar-refractivity contribution in [1.29, 1.82) is 0 Å². The van der Waals surface area contributed by atoms with Crippen LogP contribution in [0, 0.1) is 0 Å². The first-order valence-corrected chi connectivity index (χ1v) is 2.48. The van der Waals surface area contributed by atoms with E-state index in [9.17, 15) is 0 Å². The standard InChI is InChI=1S/C6H5Cl.Fe/c7-6-4-2-1-3-5-6;/h1-5H;. The minimum absolute atomic E-state index is 0. The quantitative estimate of drug-likeness (QED) is 0.522. The molecule has 0 radical (unpaired) electrons. The van der Waals surface area contributed by atoms with E-state index in [0.717, 1.165) is 5.02 Å². The normalized spacial score (nSPS) is 7.62. The average Bonchev–Trinajstić information content (AvgIpc) is 1.69. The maximum atomic E-state index is 5.54. The van der Waals surface area contributed by atoms with Crippen LogP contribution >= 0.6 is 11.6 Å². The van der Waals surface area contributed by atoms with E-state index in [2.05, 4.69) is 0 Å². The van der Waals surface area contributed by atoms with Gasteiger partial charge in [0.05, 0.1) is 0 Å². The zero-order chi connectivity index (χ0) is 5.11. The summed E-state index contributed by atoms with van der Waals surface area (Å²) in [5.41, 5.74) is 0. The van der Waals surface area contributed by atoms with E-state index in [1.165, 1.54) is 0 Å². The van der Waals surface area contributed by atoms with Crippen LogP contribution in [-0.4, -0.2) is 0 Å². The Bertz CT molecular complexity index is 138. The van der Waals surface area contributed by atoms with Gasteiger partial charge in [-0.05, 0) is 12.1 Å². The summed E-state index contributed by atoms with van der Waals surface area (Å²) >= 11 is 5.54.